The number of hydrogen-bond donors (Lipinski definition) is 0. The number of aromatic nitrogens is 1. The zero-order chi connectivity index (χ0) is 23.0. The summed E-state index contributed by atoms with van der Waals surface area (Å²) in [5, 5.41) is 8.81. The summed E-state index contributed by atoms with van der Waals surface area (Å²) in [5.41, 5.74) is 1.85. The van der Waals surface area contributed by atoms with Crippen LogP contribution in [0.3, 0.4) is 0 Å². The Balaban J connectivity index is 1.51. The molecule has 1 amide bonds. The normalized spacial score (nSPS) is 14.7. The third kappa shape index (κ3) is 5.70. The lowest BCUT2D eigenvalue weighted by Crippen LogP contribution is -2.43. The Morgan fingerprint density at radius 2 is 2.06 bits per heavy atom. The van der Waals surface area contributed by atoms with E-state index in [2.05, 4.69) is 16.4 Å². The number of carbonyl (C=O) groups excluding carboxylic acids is 1. The highest BCUT2D eigenvalue weighted by Gasteiger charge is 2.18. The zero-order valence-electron chi connectivity index (χ0n) is 18.6. The Kier molecular flexibility index (Phi) is 7.92. The highest BCUT2D eigenvalue weighted by molar-refractivity contribution is 7.14. The third-order valence-electron chi connectivity index (χ3n) is 4.98. The number of methoxy groups -OCH3 is 1. The van der Waals surface area contributed by atoms with Crippen molar-refractivity contribution in [2.24, 2.45) is 10.1 Å². The first-order valence-corrected chi connectivity index (χ1v) is 12.4. The second-order valence-corrected chi connectivity index (χ2v) is 8.89. The summed E-state index contributed by atoms with van der Waals surface area (Å²) in [6, 6.07) is 9.61. The number of thiazole rings is 1. The van der Waals surface area contributed by atoms with Crippen LogP contribution in [0.1, 0.15) is 12.5 Å². The number of morpholine rings is 1. The third-order valence-corrected chi connectivity index (χ3v) is 6.72. The number of thiophene rings is 1. The number of nitrogens with zero attached hydrogens (tertiary/aromatic N) is 4. The van der Waals surface area contributed by atoms with E-state index in [9.17, 15) is 4.79 Å². The number of benzene rings is 1. The van der Waals surface area contributed by atoms with Gasteiger partial charge in [-0.25, -0.2) is 4.68 Å². The van der Waals surface area contributed by atoms with Crippen LogP contribution in [0, 0.1) is 0 Å². The molecule has 174 valence electrons. The van der Waals surface area contributed by atoms with E-state index in [0.29, 0.717) is 44.3 Å². The quantitative estimate of drug-likeness (QED) is 0.458. The molecule has 4 rings (SSSR count). The van der Waals surface area contributed by atoms with Crippen molar-refractivity contribution in [2.45, 2.75) is 6.92 Å². The minimum Gasteiger partial charge on any atom is -0.493 e. The molecule has 8 nitrogen and oxygen atoms in total. The predicted octanol–water partition coefficient (Wildman–Crippen LogP) is 3.33. The smallest absolute Gasteiger partial charge is 0.260 e. The Morgan fingerprint density at radius 3 is 2.79 bits per heavy atom. The van der Waals surface area contributed by atoms with E-state index in [-0.39, 0.29) is 12.5 Å². The topological polar surface area (TPSA) is 77.7 Å². The van der Waals surface area contributed by atoms with Crippen LogP contribution in [0.4, 0.5) is 0 Å². The molecular weight excluding hydrogens is 460 g/mol. The van der Waals surface area contributed by atoms with E-state index >= 15 is 0 Å². The number of carbonyl (C=O) groups is 1. The van der Waals surface area contributed by atoms with Crippen molar-refractivity contribution in [3.05, 3.63) is 51.5 Å². The molecule has 0 unspecified atom stereocenters. The van der Waals surface area contributed by atoms with Crippen LogP contribution in [-0.4, -0.2) is 68.3 Å². The molecule has 1 fully saturated rings. The standard InChI is InChI=1S/C23H26N4O4S2/c1-3-24-23-27(18(16-33-23)21-5-4-12-32-21)25-14-17-6-7-19(20(13-17)29-2)31-15-22(28)26-8-10-30-11-9-26/h4-7,12-14,16H,3,8-11,15H2,1-2H3/b24-23?,25-14+. The monoisotopic (exact) mass is 486 g/mol. The van der Waals surface area contributed by atoms with Gasteiger partial charge in [-0.05, 0) is 42.1 Å². The molecular formula is C23H26N4O4S2. The maximum atomic E-state index is 12.4. The van der Waals surface area contributed by atoms with Gasteiger partial charge in [0.05, 0.1) is 37.1 Å². The molecule has 0 aliphatic carbocycles. The van der Waals surface area contributed by atoms with Crippen LogP contribution >= 0.6 is 22.7 Å². The molecule has 1 saturated heterocycles. The van der Waals surface area contributed by atoms with E-state index in [4.69, 9.17) is 19.3 Å². The number of amides is 1. The molecule has 1 aliphatic heterocycles. The Morgan fingerprint density at radius 1 is 1.21 bits per heavy atom. The van der Waals surface area contributed by atoms with Crippen molar-refractivity contribution in [3.8, 4) is 22.1 Å². The predicted molar refractivity (Wildman–Crippen MR) is 131 cm³/mol. The molecule has 0 radical (unpaired) electrons. The van der Waals surface area contributed by atoms with Crippen molar-refractivity contribution < 1.29 is 19.0 Å². The lowest BCUT2D eigenvalue weighted by molar-refractivity contribution is -0.137. The van der Waals surface area contributed by atoms with Gasteiger partial charge in [-0.1, -0.05) is 6.07 Å². The van der Waals surface area contributed by atoms with Crippen molar-refractivity contribution in [3.63, 3.8) is 0 Å². The summed E-state index contributed by atoms with van der Waals surface area (Å²) in [4.78, 5) is 20.6. The average Bonchev–Trinajstić information content (AvgIpc) is 3.52. The largest absolute Gasteiger partial charge is 0.493 e. The van der Waals surface area contributed by atoms with Gasteiger partial charge in [-0.15, -0.1) is 22.7 Å². The number of hydrogen-bond acceptors (Lipinski definition) is 8. The summed E-state index contributed by atoms with van der Waals surface area (Å²) in [6.07, 6.45) is 1.77. The molecule has 0 atom stereocenters. The minimum absolute atomic E-state index is 0.0411. The number of ether oxygens (including phenoxy) is 3. The van der Waals surface area contributed by atoms with E-state index in [1.165, 1.54) is 0 Å². The molecule has 3 heterocycles. The van der Waals surface area contributed by atoms with Gasteiger partial charge in [-0.3, -0.25) is 9.79 Å². The van der Waals surface area contributed by atoms with Gasteiger partial charge in [0.15, 0.2) is 18.1 Å². The molecule has 2 aromatic heterocycles. The second-order valence-electron chi connectivity index (χ2n) is 7.10. The first-order chi connectivity index (χ1) is 16.2. The van der Waals surface area contributed by atoms with Crippen molar-refractivity contribution in [2.75, 3.05) is 46.6 Å². The molecule has 3 aromatic rings. The van der Waals surface area contributed by atoms with Gasteiger partial charge in [0.25, 0.3) is 5.91 Å². The van der Waals surface area contributed by atoms with Crippen LogP contribution in [0.2, 0.25) is 0 Å². The molecule has 33 heavy (non-hydrogen) atoms. The Labute approximate surface area is 200 Å². The van der Waals surface area contributed by atoms with Crippen molar-refractivity contribution >= 4 is 34.8 Å². The summed E-state index contributed by atoms with van der Waals surface area (Å²) >= 11 is 3.23. The number of rotatable bonds is 8. The fourth-order valence-electron chi connectivity index (χ4n) is 3.30. The average molecular weight is 487 g/mol. The summed E-state index contributed by atoms with van der Waals surface area (Å²) < 4.78 is 18.4. The summed E-state index contributed by atoms with van der Waals surface area (Å²) in [7, 11) is 1.58. The van der Waals surface area contributed by atoms with Gasteiger partial charge < -0.3 is 19.1 Å². The highest BCUT2D eigenvalue weighted by atomic mass is 32.1. The first-order valence-electron chi connectivity index (χ1n) is 10.6. The van der Waals surface area contributed by atoms with Crippen molar-refractivity contribution in [1.29, 1.82) is 0 Å². The van der Waals surface area contributed by atoms with Crippen LogP contribution in [0.15, 0.2) is 51.2 Å². The van der Waals surface area contributed by atoms with Gasteiger partial charge in [0, 0.05) is 25.0 Å². The lowest BCUT2D eigenvalue weighted by atomic mass is 10.2. The maximum Gasteiger partial charge on any atom is 0.260 e. The molecule has 0 spiro atoms. The van der Waals surface area contributed by atoms with Crippen LogP contribution < -0.4 is 14.3 Å². The first kappa shape index (κ1) is 23.2. The van der Waals surface area contributed by atoms with E-state index in [1.807, 2.05) is 35.2 Å². The van der Waals surface area contributed by atoms with Crippen LogP contribution in [-0.2, 0) is 9.53 Å². The minimum atomic E-state index is -0.0619. The van der Waals surface area contributed by atoms with Gasteiger partial charge >= 0.3 is 0 Å². The van der Waals surface area contributed by atoms with Gasteiger partial charge in [0.2, 0.25) is 4.80 Å². The van der Waals surface area contributed by atoms with Crippen LogP contribution in [0.5, 0.6) is 11.5 Å². The summed E-state index contributed by atoms with van der Waals surface area (Å²) in [6.45, 7) is 4.96. The lowest BCUT2D eigenvalue weighted by Gasteiger charge is -2.26. The molecule has 0 saturated carbocycles. The fourth-order valence-corrected chi connectivity index (χ4v) is 5.00. The Hall–Kier alpha value is -2.95. The second kappa shape index (κ2) is 11.3. The molecule has 1 aromatic carbocycles. The van der Waals surface area contributed by atoms with E-state index < -0.39 is 0 Å². The highest BCUT2D eigenvalue weighted by Crippen LogP contribution is 2.28. The van der Waals surface area contributed by atoms with E-state index in [0.717, 1.165) is 20.9 Å². The molecule has 10 heteroatoms. The van der Waals surface area contributed by atoms with Crippen molar-refractivity contribution in [1.82, 2.24) is 9.58 Å². The SMILES string of the molecule is CCN=c1scc(-c2cccs2)n1/N=C/c1ccc(OCC(=O)N2CCOCC2)c(OC)c1. The molecule has 1 aliphatic rings. The van der Waals surface area contributed by atoms with E-state index in [1.54, 1.807) is 47.0 Å². The Bertz CT molecular complexity index is 1160. The molecule has 0 bridgehead atoms. The maximum absolute atomic E-state index is 12.4. The van der Waals surface area contributed by atoms with Crippen LogP contribution in [0.25, 0.3) is 10.6 Å². The fraction of sp³-hybridized carbons (Fsp3) is 0.348. The van der Waals surface area contributed by atoms with Gasteiger partial charge in [0.1, 0.15) is 0 Å². The molecule has 0 N–H and O–H groups in total. The zero-order valence-corrected chi connectivity index (χ0v) is 20.2. The van der Waals surface area contributed by atoms with Gasteiger partial charge in [-0.2, -0.15) is 5.10 Å². The summed E-state index contributed by atoms with van der Waals surface area (Å²) in [5.74, 6) is 0.995.